The standard InChI is InChI=1S/C18H26FN3O3/c1-18(2,3)25-17(24)8-10-22-9-4-5-14(22)15(23)12-21-16-7-6-13(19)11-20-16/h6-7,11,14H,4-5,8-10,12H2,1-3H3,(H,20,21)/t14-/m0/s1. The first kappa shape index (κ1) is 19.3. The van der Waals surface area contributed by atoms with Gasteiger partial charge in [-0.05, 0) is 52.3 Å². The number of ketones is 1. The van der Waals surface area contributed by atoms with Gasteiger partial charge in [-0.15, -0.1) is 0 Å². The summed E-state index contributed by atoms with van der Waals surface area (Å²) in [6.45, 7) is 6.95. The van der Waals surface area contributed by atoms with Crippen LogP contribution in [0.3, 0.4) is 0 Å². The summed E-state index contributed by atoms with van der Waals surface area (Å²) in [5.41, 5.74) is -0.497. The van der Waals surface area contributed by atoms with Crippen LogP contribution in [0.25, 0.3) is 0 Å². The topological polar surface area (TPSA) is 71.5 Å². The molecule has 0 amide bonds. The first-order valence-electron chi connectivity index (χ1n) is 8.58. The van der Waals surface area contributed by atoms with Crippen LogP contribution in [0.15, 0.2) is 18.3 Å². The van der Waals surface area contributed by atoms with Crippen LogP contribution in [0.5, 0.6) is 0 Å². The third-order valence-electron chi connectivity index (χ3n) is 3.93. The molecule has 0 radical (unpaired) electrons. The number of pyridine rings is 1. The van der Waals surface area contributed by atoms with Crippen molar-refractivity contribution in [3.8, 4) is 0 Å². The summed E-state index contributed by atoms with van der Waals surface area (Å²) in [5.74, 6) is -0.152. The van der Waals surface area contributed by atoms with Gasteiger partial charge in [-0.1, -0.05) is 0 Å². The van der Waals surface area contributed by atoms with Gasteiger partial charge in [0.25, 0.3) is 0 Å². The third-order valence-corrected chi connectivity index (χ3v) is 3.93. The van der Waals surface area contributed by atoms with E-state index in [1.807, 2.05) is 25.7 Å². The van der Waals surface area contributed by atoms with Crippen LogP contribution in [0.4, 0.5) is 10.2 Å². The van der Waals surface area contributed by atoms with Crippen molar-refractivity contribution >= 4 is 17.6 Å². The number of nitrogens with zero attached hydrogens (tertiary/aromatic N) is 2. The molecule has 0 aliphatic carbocycles. The Morgan fingerprint density at radius 3 is 2.80 bits per heavy atom. The molecule has 2 rings (SSSR count). The largest absolute Gasteiger partial charge is 0.460 e. The second-order valence-corrected chi connectivity index (χ2v) is 7.21. The van der Waals surface area contributed by atoms with E-state index >= 15 is 0 Å². The lowest BCUT2D eigenvalue weighted by molar-refractivity contribution is -0.155. The smallest absolute Gasteiger partial charge is 0.307 e. The number of esters is 1. The van der Waals surface area contributed by atoms with E-state index in [9.17, 15) is 14.0 Å². The van der Waals surface area contributed by atoms with Crippen LogP contribution in [-0.2, 0) is 14.3 Å². The van der Waals surface area contributed by atoms with Crippen molar-refractivity contribution < 1.29 is 18.7 Å². The molecule has 0 aromatic carbocycles. The second kappa shape index (κ2) is 8.38. The molecular formula is C18H26FN3O3. The summed E-state index contributed by atoms with van der Waals surface area (Å²) in [5, 5.41) is 2.92. The fourth-order valence-corrected chi connectivity index (χ4v) is 2.86. The van der Waals surface area contributed by atoms with Gasteiger partial charge >= 0.3 is 5.97 Å². The van der Waals surface area contributed by atoms with E-state index in [-0.39, 0.29) is 30.8 Å². The molecule has 0 bridgehead atoms. The maximum atomic E-state index is 12.8. The van der Waals surface area contributed by atoms with Crippen molar-refractivity contribution in [2.45, 2.75) is 51.7 Å². The van der Waals surface area contributed by atoms with Gasteiger partial charge in [0.15, 0.2) is 5.78 Å². The van der Waals surface area contributed by atoms with Gasteiger partial charge in [0.1, 0.15) is 17.2 Å². The third kappa shape index (κ3) is 6.42. The summed E-state index contributed by atoms with van der Waals surface area (Å²) in [4.78, 5) is 30.2. The number of hydrogen-bond acceptors (Lipinski definition) is 6. The molecule has 0 unspecified atom stereocenters. The van der Waals surface area contributed by atoms with Crippen LogP contribution in [0.2, 0.25) is 0 Å². The van der Waals surface area contributed by atoms with E-state index in [2.05, 4.69) is 10.3 Å². The van der Waals surface area contributed by atoms with Crippen LogP contribution >= 0.6 is 0 Å². The summed E-state index contributed by atoms with van der Waals surface area (Å²) < 4.78 is 18.1. The number of carbonyl (C=O) groups excluding carboxylic acids is 2. The zero-order chi connectivity index (χ0) is 18.4. The Hall–Kier alpha value is -2.02. The molecule has 1 aromatic heterocycles. The zero-order valence-electron chi connectivity index (χ0n) is 15.0. The molecule has 0 saturated carbocycles. The van der Waals surface area contributed by atoms with Crippen molar-refractivity contribution in [2.24, 2.45) is 0 Å². The van der Waals surface area contributed by atoms with E-state index < -0.39 is 11.4 Å². The number of carbonyl (C=O) groups is 2. The van der Waals surface area contributed by atoms with E-state index in [1.54, 1.807) is 0 Å². The van der Waals surface area contributed by atoms with Gasteiger partial charge < -0.3 is 10.1 Å². The van der Waals surface area contributed by atoms with Crippen LogP contribution in [0.1, 0.15) is 40.0 Å². The van der Waals surface area contributed by atoms with E-state index in [1.165, 1.54) is 12.1 Å². The maximum absolute atomic E-state index is 12.8. The van der Waals surface area contributed by atoms with Gasteiger partial charge in [0.2, 0.25) is 0 Å². The number of anilines is 1. The van der Waals surface area contributed by atoms with Gasteiger partial charge in [0, 0.05) is 6.54 Å². The number of ether oxygens (including phenoxy) is 1. The number of Topliss-reactive ketones (excluding diaryl/α,β-unsaturated/α-hetero) is 1. The Morgan fingerprint density at radius 2 is 2.16 bits per heavy atom. The molecule has 7 heteroatoms. The van der Waals surface area contributed by atoms with Crippen LogP contribution < -0.4 is 5.32 Å². The monoisotopic (exact) mass is 351 g/mol. The molecule has 1 aliphatic rings. The highest BCUT2D eigenvalue weighted by atomic mass is 19.1. The fourth-order valence-electron chi connectivity index (χ4n) is 2.86. The van der Waals surface area contributed by atoms with Crippen molar-refractivity contribution in [3.63, 3.8) is 0 Å². The van der Waals surface area contributed by atoms with E-state index in [0.29, 0.717) is 12.4 Å². The van der Waals surface area contributed by atoms with Crippen molar-refractivity contribution in [2.75, 3.05) is 25.0 Å². The number of halogens is 1. The molecule has 1 aliphatic heterocycles. The minimum atomic E-state index is -0.497. The van der Waals surface area contributed by atoms with Crippen LogP contribution in [-0.4, -0.2) is 52.9 Å². The Kier molecular flexibility index (Phi) is 6.47. The number of hydrogen-bond donors (Lipinski definition) is 1. The normalized spacial score (nSPS) is 18.2. The minimum absolute atomic E-state index is 0.0489. The number of nitrogens with one attached hydrogen (secondary N) is 1. The Balaban J connectivity index is 1.80. The molecule has 2 heterocycles. The van der Waals surface area contributed by atoms with Gasteiger partial charge in [-0.3, -0.25) is 14.5 Å². The lowest BCUT2D eigenvalue weighted by atomic mass is 10.1. The van der Waals surface area contributed by atoms with Crippen molar-refractivity contribution in [3.05, 3.63) is 24.1 Å². The highest BCUT2D eigenvalue weighted by Crippen LogP contribution is 2.19. The summed E-state index contributed by atoms with van der Waals surface area (Å²) >= 11 is 0. The summed E-state index contributed by atoms with van der Waals surface area (Å²) in [6.07, 6.45) is 3.09. The molecule has 1 saturated heterocycles. The summed E-state index contributed by atoms with van der Waals surface area (Å²) in [6, 6.07) is 2.59. The maximum Gasteiger partial charge on any atom is 0.307 e. The Labute approximate surface area is 147 Å². The van der Waals surface area contributed by atoms with Crippen LogP contribution in [0, 0.1) is 5.82 Å². The van der Waals surface area contributed by atoms with Gasteiger partial charge in [0.05, 0.1) is 25.2 Å². The highest BCUT2D eigenvalue weighted by Gasteiger charge is 2.30. The van der Waals surface area contributed by atoms with Gasteiger partial charge in [-0.25, -0.2) is 9.37 Å². The fraction of sp³-hybridized carbons (Fsp3) is 0.611. The highest BCUT2D eigenvalue weighted by molar-refractivity contribution is 5.88. The zero-order valence-corrected chi connectivity index (χ0v) is 15.0. The first-order valence-corrected chi connectivity index (χ1v) is 8.58. The first-order chi connectivity index (χ1) is 11.7. The molecule has 6 nitrogen and oxygen atoms in total. The molecule has 25 heavy (non-hydrogen) atoms. The number of likely N-dealkylation sites (tertiary alicyclic amines) is 1. The van der Waals surface area contributed by atoms with Crippen molar-refractivity contribution in [1.82, 2.24) is 9.88 Å². The molecule has 1 N–H and O–H groups in total. The molecular weight excluding hydrogens is 325 g/mol. The Morgan fingerprint density at radius 1 is 1.40 bits per heavy atom. The average molecular weight is 351 g/mol. The minimum Gasteiger partial charge on any atom is -0.460 e. The average Bonchev–Trinajstić information content (AvgIpc) is 2.99. The Bertz CT molecular complexity index is 599. The molecule has 138 valence electrons. The molecule has 0 spiro atoms. The van der Waals surface area contributed by atoms with E-state index in [4.69, 9.17) is 4.74 Å². The second-order valence-electron chi connectivity index (χ2n) is 7.21. The number of rotatable bonds is 7. The molecule has 1 atom stereocenters. The predicted molar refractivity (Wildman–Crippen MR) is 92.7 cm³/mol. The van der Waals surface area contributed by atoms with Gasteiger partial charge in [-0.2, -0.15) is 0 Å². The van der Waals surface area contributed by atoms with E-state index in [0.717, 1.165) is 25.6 Å². The number of aromatic nitrogens is 1. The lowest BCUT2D eigenvalue weighted by Crippen LogP contribution is -2.40. The lowest BCUT2D eigenvalue weighted by Gasteiger charge is -2.24. The molecule has 1 aromatic rings. The molecule has 1 fully saturated rings. The predicted octanol–water partition coefficient (Wildman–Crippen LogP) is 2.40. The summed E-state index contributed by atoms with van der Waals surface area (Å²) in [7, 11) is 0. The van der Waals surface area contributed by atoms with Crippen molar-refractivity contribution in [1.29, 1.82) is 0 Å². The SMILES string of the molecule is CC(C)(C)OC(=O)CCN1CCC[C@H]1C(=O)CNc1ccc(F)cn1. The quantitative estimate of drug-likeness (QED) is 0.761.